The van der Waals surface area contributed by atoms with E-state index in [4.69, 9.17) is 10.5 Å². The monoisotopic (exact) mass is 445 g/mol. The van der Waals surface area contributed by atoms with Gasteiger partial charge in [-0.3, -0.25) is 9.13 Å². The van der Waals surface area contributed by atoms with Crippen LogP contribution in [0, 0.1) is 0 Å². The number of hydrogen-bond donors (Lipinski definition) is 6. The van der Waals surface area contributed by atoms with Crippen LogP contribution in [-0.2, 0) is 9.30 Å². The Morgan fingerprint density at radius 3 is 2.84 bits per heavy atom. The molecule has 1 unspecified atom stereocenters. The van der Waals surface area contributed by atoms with Gasteiger partial charge in [0.05, 0.1) is 6.33 Å². The van der Waals surface area contributed by atoms with E-state index in [0.29, 0.717) is 11.2 Å². The number of aliphatic hydroxyl groups excluding tert-OH is 2. The van der Waals surface area contributed by atoms with E-state index in [1.54, 1.807) is 12.1 Å². The first-order valence-electron chi connectivity index (χ1n) is 9.46. The zero-order valence-corrected chi connectivity index (χ0v) is 16.9. The van der Waals surface area contributed by atoms with Gasteiger partial charge in [-0.15, -0.1) is 0 Å². The molecule has 4 heterocycles. The summed E-state index contributed by atoms with van der Waals surface area (Å²) in [5.74, 6) is 0.176. The first-order chi connectivity index (χ1) is 14.8. The standard InChI is InChI=1S/C18H20N7O5P/c19-16-13-17(21-7-20-16)25(8-22-13)18-15(27)14(26)11(30-18)6-23-31(28,29)12-5-9-3-1-2-4-10(9)24-12/h1-5,7-8,11,14-15,18,24,26-27H,6H2,(H2,19,20,21)(H2,23,28,29)/t11-,14-,15-,18-/m1/s1. The minimum Gasteiger partial charge on any atom is -0.387 e. The Kier molecular flexibility index (Phi) is 4.77. The highest BCUT2D eigenvalue weighted by Crippen LogP contribution is 2.37. The number of H-pyrrole nitrogens is 1. The van der Waals surface area contributed by atoms with Gasteiger partial charge in [0, 0.05) is 17.4 Å². The van der Waals surface area contributed by atoms with Crippen molar-refractivity contribution in [1.82, 2.24) is 29.6 Å². The molecule has 0 aliphatic carbocycles. The number of imidazole rings is 1. The first kappa shape index (κ1) is 20.1. The molecule has 1 aromatic carbocycles. The van der Waals surface area contributed by atoms with Crippen molar-refractivity contribution in [3.05, 3.63) is 43.0 Å². The molecule has 7 N–H and O–H groups in total. The lowest BCUT2D eigenvalue weighted by atomic mass is 10.1. The van der Waals surface area contributed by atoms with Gasteiger partial charge in [0.2, 0.25) is 0 Å². The lowest BCUT2D eigenvalue weighted by Gasteiger charge is -2.18. The molecular weight excluding hydrogens is 425 g/mol. The summed E-state index contributed by atoms with van der Waals surface area (Å²) < 4.78 is 20.0. The number of nitrogens with two attached hydrogens (primary N) is 1. The number of hydrogen-bond acceptors (Lipinski definition) is 8. The van der Waals surface area contributed by atoms with Crippen LogP contribution in [-0.4, -0.2) is 64.5 Å². The molecule has 0 bridgehead atoms. The first-order valence-corrected chi connectivity index (χ1v) is 11.1. The number of rotatable bonds is 5. The highest BCUT2D eigenvalue weighted by atomic mass is 31.2. The number of aromatic nitrogens is 5. The Balaban J connectivity index is 1.34. The second-order valence-electron chi connectivity index (χ2n) is 7.31. The van der Waals surface area contributed by atoms with Crippen molar-refractivity contribution in [3.63, 3.8) is 0 Å². The van der Waals surface area contributed by atoms with Crippen molar-refractivity contribution in [2.24, 2.45) is 0 Å². The average molecular weight is 445 g/mol. The number of ether oxygens (including phenoxy) is 1. The van der Waals surface area contributed by atoms with Crippen LogP contribution in [0.25, 0.3) is 22.1 Å². The molecule has 1 fully saturated rings. The summed E-state index contributed by atoms with van der Waals surface area (Å²) in [6, 6.07) is 8.87. The van der Waals surface area contributed by atoms with Gasteiger partial charge >= 0.3 is 7.52 Å². The zero-order chi connectivity index (χ0) is 21.8. The predicted octanol–water partition coefficient (Wildman–Crippen LogP) is -0.391. The minimum absolute atomic E-state index is 0.131. The molecule has 0 radical (unpaired) electrons. The smallest absolute Gasteiger partial charge is 0.313 e. The fraction of sp³-hybridized carbons (Fsp3) is 0.278. The van der Waals surface area contributed by atoms with Crippen molar-refractivity contribution in [2.45, 2.75) is 24.5 Å². The predicted molar refractivity (Wildman–Crippen MR) is 111 cm³/mol. The van der Waals surface area contributed by atoms with E-state index in [2.05, 4.69) is 25.0 Å². The van der Waals surface area contributed by atoms with Gasteiger partial charge in [0.15, 0.2) is 17.7 Å². The molecule has 0 saturated carbocycles. The quantitative estimate of drug-likeness (QED) is 0.221. The number of aromatic amines is 1. The molecule has 1 aliphatic rings. The highest BCUT2D eigenvalue weighted by molar-refractivity contribution is 7.63. The van der Waals surface area contributed by atoms with Crippen LogP contribution in [0.5, 0.6) is 0 Å². The van der Waals surface area contributed by atoms with Gasteiger partial charge in [-0.1, -0.05) is 18.2 Å². The summed E-state index contributed by atoms with van der Waals surface area (Å²) >= 11 is 0. The highest BCUT2D eigenvalue weighted by Gasteiger charge is 2.45. The number of nitrogens with one attached hydrogen (secondary N) is 2. The number of fused-ring (bicyclic) bond motifs is 2. The van der Waals surface area contributed by atoms with Crippen LogP contribution in [0.3, 0.4) is 0 Å². The van der Waals surface area contributed by atoms with E-state index < -0.39 is 32.1 Å². The van der Waals surface area contributed by atoms with Gasteiger partial charge < -0.3 is 30.6 Å². The number of benzene rings is 1. The summed E-state index contributed by atoms with van der Waals surface area (Å²) in [7, 11) is -3.98. The Labute approximate surface area is 175 Å². The molecule has 1 aliphatic heterocycles. The summed E-state index contributed by atoms with van der Waals surface area (Å²) in [5, 5.41) is 24.3. The van der Waals surface area contributed by atoms with E-state index in [0.717, 1.165) is 10.9 Å². The van der Waals surface area contributed by atoms with Gasteiger partial charge in [0.1, 0.15) is 35.6 Å². The third-order valence-electron chi connectivity index (χ3n) is 5.35. The molecular formula is C18H20N7O5P. The maximum atomic E-state index is 12.8. The Morgan fingerprint density at radius 1 is 1.23 bits per heavy atom. The van der Waals surface area contributed by atoms with E-state index in [-0.39, 0.29) is 17.8 Å². The van der Waals surface area contributed by atoms with Crippen molar-refractivity contribution in [2.75, 3.05) is 12.3 Å². The third-order valence-corrected chi connectivity index (χ3v) is 6.85. The van der Waals surface area contributed by atoms with Gasteiger partial charge in [-0.2, -0.15) is 0 Å². The number of anilines is 1. The molecule has 12 nitrogen and oxygen atoms in total. The lowest BCUT2D eigenvalue weighted by molar-refractivity contribution is -0.0331. The van der Waals surface area contributed by atoms with Crippen molar-refractivity contribution >= 4 is 40.8 Å². The minimum atomic E-state index is -3.98. The van der Waals surface area contributed by atoms with Gasteiger partial charge in [-0.25, -0.2) is 20.0 Å². The third kappa shape index (κ3) is 3.39. The Morgan fingerprint density at radius 2 is 2.03 bits per heavy atom. The van der Waals surface area contributed by atoms with Crippen molar-refractivity contribution in [3.8, 4) is 0 Å². The summed E-state index contributed by atoms with van der Waals surface area (Å²) in [5.41, 5.74) is 7.32. The van der Waals surface area contributed by atoms with Gasteiger partial charge in [0.25, 0.3) is 0 Å². The molecule has 31 heavy (non-hydrogen) atoms. The Bertz CT molecular complexity index is 1270. The maximum absolute atomic E-state index is 12.8. The van der Waals surface area contributed by atoms with E-state index in [1.165, 1.54) is 17.2 Å². The summed E-state index contributed by atoms with van der Waals surface area (Å²) in [4.78, 5) is 25.5. The molecule has 5 atom stereocenters. The van der Waals surface area contributed by atoms with Crippen LogP contribution < -0.4 is 16.3 Å². The van der Waals surface area contributed by atoms with Crippen LogP contribution in [0.4, 0.5) is 5.82 Å². The van der Waals surface area contributed by atoms with Crippen molar-refractivity contribution < 1.29 is 24.4 Å². The van der Waals surface area contributed by atoms with Gasteiger partial charge in [-0.05, 0) is 12.1 Å². The number of para-hydroxylation sites is 1. The second-order valence-corrected chi connectivity index (χ2v) is 9.26. The molecule has 4 aromatic rings. The Hall–Kier alpha value is -2.86. The van der Waals surface area contributed by atoms with Crippen LogP contribution in [0.15, 0.2) is 43.0 Å². The molecule has 1 saturated heterocycles. The zero-order valence-electron chi connectivity index (χ0n) is 16.0. The van der Waals surface area contributed by atoms with E-state index in [9.17, 15) is 19.7 Å². The maximum Gasteiger partial charge on any atom is 0.313 e. The lowest BCUT2D eigenvalue weighted by Crippen LogP contribution is -2.37. The molecule has 162 valence electrons. The van der Waals surface area contributed by atoms with Crippen LogP contribution >= 0.6 is 7.52 Å². The molecule has 0 amide bonds. The average Bonchev–Trinajstić information content (AvgIpc) is 3.44. The number of nitrogen functional groups attached to an aromatic ring is 1. The van der Waals surface area contributed by atoms with Crippen LogP contribution in [0.1, 0.15) is 6.23 Å². The molecule has 13 heteroatoms. The molecule has 5 rings (SSSR count). The number of nitrogens with zero attached hydrogens (tertiary/aromatic N) is 4. The summed E-state index contributed by atoms with van der Waals surface area (Å²) in [6.07, 6.45) is -1.94. The SMILES string of the molecule is Nc1ncnc2c1ncn2[C@@H]1O[C@H](CNP(=O)(O)c2cc3ccccc3[nH]2)[C@@H](O)[C@H]1O. The molecule has 3 aromatic heterocycles. The fourth-order valence-corrected chi connectivity index (χ4v) is 4.89. The number of aliphatic hydroxyl groups is 2. The topological polar surface area (TPSA) is 184 Å². The van der Waals surface area contributed by atoms with E-state index in [1.807, 2.05) is 18.2 Å². The van der Waals surface area contributed by atoms with E-state index >= 15 is 0 Å². The largest absolute Gasteiger partial charge is 0.387 e. The summed E-state index contributed by atoms with van der Waals surface area (Å²) in [6.45, 7) is -0.179. The normalized spacial score (nSPS) is 25.9. The molecule has 0 spiro atoms. The second kappa shape index (κ2) is 7.38. The van der Waals surface area contributed by atoms with Crippen LogP contribution in [0.2, 0.25) is 0 Å². The fourth-order valence-electron chi connectivity index (χ4n) is 3.70. The van der Waals surface area contributed by atoms with Crippen molar-refractivity contribution in [1.29, 1.82) is 0 Å².